The summed E-state index contributed by atoms with van der Waals surface area (Å²) in [5.74, 6) is -0.176. The topological polar surface area (TPSA) is 103 Å². The quantitative estimate of drug-likeness (QED) is 0.830. The van der Waals surface area contributed by atoms with Crippen molar-refractivity contribution in [1.29, 1.82) is 5.26 Å². The highest BCUT2D eigenvalue weighted by Gasteiger charge is 2.27. The molecular formula is C15H14N4O2S. The molecule has 6 nitrogen and oxygen atoms in total. The number of aromatic nitrogens is 1. The number of pyridine rings is 1. The Labute approximate surface area is 130 Å². The number of anilines is 1. The second kappa shape index (κ2) is 5.31. The van der Waals surface area contributed by atoms with Crippen molar-refractivity contribution in [3.63, 3.8) is 0 Å². The van der Waals surface area contributed by atoms with Gasteiger partial charge < -0.3 is 15.6 Å². The maximum Gasteiger partial charge on any atom is 0.254 e. The standard InChI is InChI=1S/C15H14N4O2S/c1-8-4-9(5-13(20)18-8)15(21)19-3-2-10-11(6-16)14(17)22-12(10)7-19/h4-5H,2-3,7,17H2,1H3,(H,18,20). The van der Waals surface area contributed by atoms with Crippen LogP contribution < -0.4 is 11.3 Å². The molecule has 112 valence electrons. The van der Waals surface area contributed by atoms with E-state index < -0.39 is 0 Å². The minimum absolute atomic E-state index is 0.176. The first-order chi connectivity index (χ1) is 10.5. The third-order valence-corrected chi connectivity index (χ3v) is 4.75. The Morgan fingerprint density at radius 1 is 1.50 bits per heavy atom. The summed E-state index contributed by atoms with van der Waals surface area (Å²) in [4.78, 5) is 29.3. The number of nitrogens with zero attached hydrogens (tertiary/aromatic N) is 2. The summed E-state index contributed by atoms with van der Waals surface area (Å²) < 4.78 is 0. The number of carbonyl (C=O) groups excluding carboxylic acids is 1. The zero-order valence-corrected chi connectivity index (χ0v) is 12.8. The molecule has 0 atom stereocenters. The number of aryl methyl sites for hydroxylation is 1. The van der Waals surface area contributed by atoms with E-state index in [1.165, 1.54) is 17.4 Å². The normalized spacial score (nSPS) is 13.5. The number of carbonyl (C=O) groups is 1. The van der Waals surface area contributed by atoms with Gasteiger partial charge in [0.1, 0.15) is 11.1 Å². The highest BCUT2D eigenvalue weighted by Crippen LogP contribution is 2.34. The van der Waals surface area contributed by atoms with E-state index in [1.807, 2.05) is 0 Å². The Hall–Kier alpha value is -2.59. The Morgan fingerprint density at radius 3 is 2.95 bits per heavy atom. The van der Waals surface area contributed by atoms with Crippen LogP contribution in [0, 0.1) is 18.3 Å². The van der Waals surface area contributed by atoms with Gasteiger partial charge in [-0.1, -0.05) is 0 Å². The molecule has 0 aromatic carbocycles. The lowest BCUT2D eigenvalue weighted by Gasteiger charge is -2.27. The van der Waals surface area contributed by atoms with E-state index >= 15 is 0 Å². The van der Waals surface area contributed by atoms with Crippen LogP contribution in [0.5, 0.6) is 0 Å². The minimum atomic E-state index is -0.284. The van der Waals surface area contributed by atoms with Crippen molar-refractivity contribution in [3.05, 3.63) is 49.7 Å². The van der Waals surface area contributed by atoms with Crippen molar-refractivity contribution in [2.24, 2.45) is 0 Å². The van der Waals surface area contributed by atoms with Crippen LogP contribution in [0.25, 0.3) is 0 Å². The smallest absolute Gasteiger partial charge is 0.254 e. The van der Waals surface area contributed by atoms with Crippen LogP contribution in [-0.4, -0.2) is 22.3 Å². The van der Waals surface area contributed by atoms with Gasteiger partial charge in [0.25, 0.3) is 5.91 Å². The molecule has 0 unspecified atom stereocenters. The number of H-pyrrole nitrogens is 1. The SMILES string of the molecule is Cc1cc(C(=O)N2CCc3c(sc(N)c3C#N)C2)cc(=O)[nH]1. The molecule has 0 fully saturated rings. The molecule has 0 bridgehead atoms. The summed E-state index contributed by atoms with van der Waals surface area (Å²) in [5.41, 5.74) is 8.10. The van der Waals surface area contributed by atoms with Gasteiger partial charge >= 0.3 is 0 Å². The van der Waals surface area contributed by atoms with Gasteiger partial charge in [-0.05, 0) is 25.0 Å². The first-order valence-electron chi connectivity index (χ1n) is 6.80. The lowest BCUT2D eigenvalue weighted by molar-refractivity contribution is 0.0736. The highest BCUT2D eigenvalue weighted by molar-refractivity contribution is 7.16. The van der Waals surface area contributed by atoms with Gasteiger partial charge in [-0.25, -0.2) is 0 Å². The van der Waals surface area contributed by atoms with Gasteiger partial charge in [0.2, 0.25) is 5.56 Å². The van der Waals surface area contributed by atoms with Gasteiger partial charge in [-0.2, -0.15) is 5.26 Å². The number of nitrogen functional groups attached to an aromatic ring is 1. The number of nitrogens with two attached hydrogens (primary N) is 1. The summed E-state index contributed by atoms with van der Waals surface area (Å²) in [5, 5.41) is 9.64. The monoisotopic (exact) mass is 314 g/mol. The first-order valence-corrected chi connectivity index (χ1v) is 7.61. The number of nitrogens with one attached hydrogen (secondary N) is 1. The summed E-state index contributed by atoms with van der Waals surface area (Å²) in [6.45, 7) is 2.69. The number of thiophene rings is 1. The summed E-state index contributed by atoms with van der Waals surface area (Å²) in [6, 6.07) is 5.11. The number of amides is 1. The third kappa shape index (κ3) is 2.38. The average molecular weight is 314 g/mol. The third-order valence-electron chi connectivity index (χ3n) is 3.71. The number of nitriles is 1. The van der Waals surface area contributed by atoms with Crippen LogP contribution in [0.1, 0.15) is 32.1 Å². The van der Waals surface area contributed by atoms with Crippen molar-refractivity contribution in [2.45, 2.75) is 19.9 Å². The maximum atomic E-state index is 12.6. The van der Waals surface area contributed by atoms with Crippen molar-refractivity contribution >= 4 is 22.2 Å². The fraction of sp³-hybridized carbons (Fsp3) is 0.267. The molecule has 1 aliphatic heterocycles. The number of hydrogen-bond acceptors (Lipinski definition) is 5. The van der Waals surface area contributed by atoms with Gasteiger partial charge in [-0.15, -0.1) is 11.3 Å². The van der Waals surface area contributed by atoms with Crippen molar-refractivity contribution in [1.82, 2.24) is 9.88 Å². The maximum absolute atomic E-state index is 12.6. The van der Waals surface area contributed by atoms with Crippen LogP contribution in [0.2, 0.25) is 0 Å². The molecule has 0 saturated heterocycles. The molecule has 0 spiro atoms. The van der Waals surface area contributed by atoms with Crippen molar-refractivity contribution in [3.8, 4) is 6.07 Å². The molecule has 1 amide bonds. The average Bonchev–Trinajstić information content (AvgIpc) is 2.79. The van der Waals surface area contributed by atoms with E-state index in [2.05, 4.69) is 11.1 Å². The summed E-state index contributed by atoms with van der Waals surface area (Å²) in [7, 11) is 0. The Balaban J connectivity index is 1.90. The van der Waals surface area contributed by atoms with E-state index in [-0.39, 0.29) is 11.5 Å². The van der Waals surface area contributed by atoms with Crippen LogP contribution in [-0.2, 0) is 13.0 Å². The summed E-state index contributed by atoms with van der Waals surface area (Å²) in [6.07, 6.45) is 0.611. The molecule has 2 aromatic heterocycles. The van der Waals surface area contributed by atoms with Gasteiger partial charge in [0, 0.05) is 28.7 Å². The minimum Gasteiger partial charge on any atom is -0.389 e. The predicted octanol–water partition coefficient (Wildman–Crippen LogP) is 1.40. The van der Waals surface area contributed by atoms with Crippen molar-refractivity contribution < 1.29 is 4.79 Å². The lowest BCUT2D eigenvalue weighted by Crippen LogP contribution is -2.36. The fourth-order valence-electron chi connectivity index (χ4n) is 2.71. The van der Waals surface area contributed by atoms with E-state index in [9.17, 15) is 9.59 Å². The van der Waals surface area contributed by atoms with E-state index in [0.29, 0.717) is 41.3 Å². The summed E-state index contributed by atoms with van der Waals surface area (Å²) >= 11 is 1.36. The Kier molecular flexibility index (Phi) is 3.47. The molecule has 3 N–H and O–H groups in total. The van der Waals surface area contributed by atoms with Crippen LogP contribution in [0.3, 0.4) is 0 Å². The number of hydrogen-bond donors (Lipinski definition) is 2. The van der Waals surface area contributed by atoms with E-state index in [1.54, 1.807) is 17.9 Å². The number of aromatic amines is 1. The van der Waals surface area contributed by atoms with Gasteiger partial charge in [-0.3, -0.25) is 9.59 Å². The number of rotatable bonds is 1. The molecule has 0 radical (unpaired) electrons. The zero-order valence-electron chi connectivity index (χ0n) is 12.0. The van der Waals surface area contributed by atoms with Crippen molar-refractivity contribution in [2.75, 3.05) is 12.3 Å². The Bertz CT molecular complexity index is 859. The van der Waals surface area contributed by atoms with Crippen LogP contribution in [0.15, 0.2) is 16.9 Å². The van der Waals surface area contributed by atoms with Gasteiger partial charge in [0.15, 0.2) is 0 Å². The predicted molar refractivity (Wildman–Crippen MR) is 83.7 cm³/mol. The molecule has 0 aliphatic carbocycles. The highest BCUT2D eigenvalue weighted by atomic mass is 32.1. The second-order valence-corrected chi connectivity index (χ2v) is 6.38. The van der Waals surface area contributed by atoms with E-state index in [0.717, 1.165) is 10.4 Å². The first kappa shape index (κ1) is 14.4. The zero-order chi connectivity index (χ0) is 15.9. The number of fused-ring (bicyclic) bond motifs is 1. The molecule has 3 rings (SSSR count). The lowest BCUT2D eigenvalue weighted by atomic mass is 10.0. The molecule has 0 saturated carbocycles. The molecule has 1 aliphatic rings. The molecule has 3 heterocycles. The molecular weight excluding hydrogens is 300 g/mol. The van der Waals surface area contributed by atoms with E-state index in [4.69, 9.17) is 11.0 Å². The molecule has 7 heteroatoms. The van der Waals surface area contributed by atoms with Crippen LogP contribution >= 0.6 is 11.3 Å². The largest absolute Gasteiger partial charge is 0.389 e. The Morgan fingerprint density at radius 2 is 2.27 bits per heavy atom. The van der Waals surface area contributed by atoms with Crippen LogP contribution in [0.4, 0.5) is 5.00 Å². The molecule has 22 heavy (non-hydrogen) atoms. The van der Waals surface area contributed by atoms with Gasteiger partial charge in [0.05, 0.1) is 12.1 Å². The second-order valence-electron chi connectivity index (χ2n) is 5.25. The fourth-order valence-corrected chi connectivity index (χ4v) is 3.79. The molecule has 2 aromatic rings.